The van der Waals surface area contributed by atoms with Crippen LogP contribution in [0.1, 0.15) is 0 Å². The number of hydrogen-bond acceptors (Lipinski definition) is 6. The zero-order valence-electron chi connectivity index (χ0n) is 11.4. The van der Waals surface area contributed by atoms with E-state index in [1.807, 2.05) is 18.2 Å². The van der Waals surface area contributed by atoms with Crippen LogP contribution in [0.4, 0.5) is 0 Å². The number of ether oxygens (including phenoxy) is 1. The zero-order chi connectivity index (χ0) is 14.8. The molecular weight excluding hydrogens is 280 g/mol. The molecule has 0 saturated heterocycles. The topological polar surface area (TPSA) is 78.1 Å². The minimum atomic E-state index is 0.471. The summed E-state index contributed by atoms with van der Waals surface area (Å²) < 4.78 is 7.42. The van der Waals surface area contributed by atoms with Crippen LogP contribution in [0.2, 0.25) is 0 Å². The van der Waals surface area contributed by atoms with E-state index in [1.54, 1.807) is 41.4 Å². The molecule has 0 aromatic carbocycles. The molecule has 0 aliphatic rings. The van der Waals surface area contributed by atoms with Crippen LogP contribution in [0.5, 0.6) is 11.6 Å². The van der Waals surface area contributed by atoms with Crippen molar-refractivity contribution in [3.8, 4) is 22.9 Å². The molecule has 0 saturated carbocycles. The zero-order valence-corrected chi connectivity index (χ0v) is 11.4. The molecule has 106 valence electrons. The SMILES string of the molecule is c1cc(Oc2cc(-c3ccncc3)nc3ncnn23)ccn1. The molecule has 7 nitrogen and oxygen atoms in total. The Hall–Kier alpha value is -3.35. The summed E-state index contributed by atoms with van der Waals surface area (Å²) in [6.07, 6.45) is 8.21. The van der Waals surface area contributed by atoms with Gasteiger partial charge in [-0.2, -0.15) is 14.6 Å². The molecule has 0 atom stereocenters. The first-order valence-electron chi connectivity index (χ1n) is 6.59. The smallest absolute Gasteiger partial charge is 0.255 e. The van der Waals surface area contributed by atoms with E-state index in [9.17, 15) is 0 Å². The van der Waals surface area contributed by atoms with Crippen LogP contribution < -0.4 is 4.74 Å². The van der Waals surface area contributed by atoms with E-state index < -0.39 is 0 Å². The average molecular weight is 290 g/mol. The van der Waals surface area contributed by atoms with Gasteiger partial charge in [0.2, 0.25) is 5.88 Å². The first-order valence-corrected chi connectivity index (χ1v) is 6.59. The van der Waals surface area contributed by atoms with Crippen molar-refractivity contribution in [3.63, 3.8) is 0 Å². The molecule has 0 aliphatic carbocycles. The summed E-state index contributed by atoms with van der Waals surface area (Å²) in [5, 5.41) is 4.14. The quantitative estimate of drug-likeness (QED) is 0.576. The van der Waals surface area contributed by atoms with Gasteiger partial charge in [-0.1, -0.05) is 0 Å². The molecule has 0 fully saturated rings. The average Bonchev–Trinajstić information content (AvgIpc) is 3.05. The van der Waals surface area contributed by atoms with Crippen LogP contribution >= 0.6 is 0 Å². The molecule has 0 unspecified atom stereocenters. The van der Waals surface area contributed by atoms with Crippen molar-refractivity contribution in [1.82, 2.24) is 29.5 Å². The van der Waals surface area contributed by atoms with E-state index in [2.05, 4.69) is 25.0 Å². The fourth-order valence-electron chi connectivity index (χ4n) is 2.06. The van der Waals surface area contributed by atoms with Gasteiger partial charge in [-0.25, -0.2) is 4.98 Å². The predicted molar refractivity (Wildman–Crippen MR) is 78.3 cm³/mol. The first kappa shape index (κ1) is 12.4. The number of pyridine rings is 2. The van der Waals surface area contributed by atoms with E-state index in [0.717, 1.165) is 11.3 Å². The fourth-order valence-corrected chi connectivity index (χ4v) is 2.06. The summed E-state index contributed by atoms with van der Waals surface area (Å²) in [6, 6.07) is 9.12. The highest BCUT2D eigenvalue weighted by Gasteiger charge is 2.11. The Morgan fingerprint density at radius 2 is 1.64 bits per heavy atom. The second-order valence-electron chi connectivity index (χ2n) is 4.47. The standard InChI is InChI=1S/C15H10N6O/c1-5-16-6-2-11(1)13-9-14(21-15(20-13)18-10-19-21)22-12-3-7-17-8-4-12/h1-10H. The van der Waals surface area contributed by atoms with Gasteiger partial charge < -0.3 is 4.74 Å². The van der Waals surface area contributed by atoms with Crippen molar-refractivity contribution in [1.29, 1.82) is 0 Å². The van der Waals surface area contributed by atoms with Gasteiger partial charge >= 0.3 is 0 Å². The molecule has 7 heteroatoms. The highest BCUT2D eigenvalue weighted by molar-refractivity contribution is 5.61. The summed E-state index contributed by atoms with van der Waals surface area (Å²) in [5.74, 6) is 1.66. The third-order valence-corrected chi connectivity index (χ3v) is 3.07. The van der Waals surface area contributed by atoms with Crippen LogP contribution in [0, 0.1) is 0 Å². The second kappa shape index (κ2) is 5.21. The maximum Gasteiger partial charge on any atom is 0.255 e. The Morgan fingerprint density at radius 3 is 2.41 bits per heavy atom. The molecular formula is C15H10N6O. The van der Waals surface area contributed by atoms with E-state index in [4.69, 9.17) is 4.74 Å². The summed E-state index contributed by atoms with van der Waals surface area (Å²) in [6.45, 7) is 0. The van der Waals surface area contributed by atoms with E-state index >= 15 is 0 Å². The molecule has 4 heterocycles. The largest absolute Gasteiger partial charge is 0.439 e. The second-order valence-corrected chi connectivity index (χ2v) is 4.47. The number of fused-ring (bicyclic) bond motifs is 1. The molecule has 0 N–H and O–H groups in total. The molecule has 4 aromatic rings. The van der Waals surface area contributed by atoms with Crippen LogP contribution in [0.15, 0.2) is 61.4 Å². The van der Waals surface area contributed by atoms with Gasteiger partial charge in [0.05, 0.1) is 5.69 Å². The molecule has 0 radical (unpaired) electrons. The van der Waals surface area contributed by atoms with E-state index in [0.29, 0.717) is 17.4 Å². The highest BCUT2D eigenvalue weighted by Crippen LogP contribution is 2.25. The normalized spacial score (nSPS) is 10.7. The number of hydrogen-bond donors (Lipinski definition) is 0. The Morgan fingerprint density at radius 1 is 0.909 bits per heavy atom. The molecule has 4 aromatic heterocycles. The molecule has 0 bridgehead atoms. The van der Waals surface area contributed by atoms with Crippen molar-refractivity contribution >= 4 is 5.78 Å². The lowest BCUT2D eigenvalue weighted by molar-refractivity contribution is 0.446. The van der Waals surface area contributed by atoms with Gasteiger partial charge in [0, 0.05) is 36.4 Å². The van der Waals surface area contributed by atoms with E-state index in [1.165, 1.54) is 6.33 Å². The van der Waals surface area contributed by atoms with Crippen LogP contribution in [-0.2, 0) is 0 Å². The third-order valence-electron chi connectivity index (χ3n) is 3.07. The summed E-state index contributed by atoms with van der Waals surface area (Å²) in [5.41, 5.74) is 1.67. The predicted octanol–water partition coefficient (Wildman–Crippen LogP) is 2.37. The van der Waals surface area contributed by atoms with Crippen molar-refractivity contribution in [2.45, 2.75) is 0 Å². The summed E-state index contributed by atoms with van der Waals surface area (Å²) in [7, 11) is 0. The maximum absolute atomic E-state index is 5.88. The molecule has 0 aliphatic heterocycles. The van der Waals surface area contributed by atoms with Crippen molar-refractivity contribution in [3.05, 3.63) is 61.4 Å². The third kappa shape index (κ3) is 2.24. The first-order chi connectivity index (χ1) is 10.9. The Kier molecular flexibility index (Phi) is 2.93. The van der Waals surface area contributed by atoms with Gasteiger partial charge in [0.25, 0.3) is 5.78 Å². The van der Waals surface area contributed by atoms with Crippen LogP contribution in [0.3, 0.4) is 0 Å². The fraction of sp³-hybridized carbons (Fsp3) is 0. The lowest BCUT2D eigenvalue weighted by Gasteiger charge is -2.08. The summed E-state index contributed by atoms with van der Waals surface area (Å²) >= 11 is 0. The monoisotopic (exact) mass is 290 g/mol. The van der Waals surface area contributed by atoms with Gasteiger partial charge in [-0.05, 0) is 24.3 Å². The maximum atomic E-state index is 5.88. The minimum Gasteiger partial charge on any atom is -0.439 e. The number of nitrogens with zero attached hydrogens (tertiary/aromatic N) is 6. The van der Waals surface area contributed by atoms with Crippen LogP contribution in [-0.4, -0.2) is 29.5 Å². The van der Waals surface area contributed by atoms with Crippen molar-refractivity contribution in [2.75, 3.05) is 0 Å². The lowest BCUT2D eigenvalue weighted by atomic mass is 10.2. The van der Waals surface area contributed by atoms with Crippen molar-refractivity contribution < 1.29 is 4.74 Å². The lowest BCUT2D eigenvalue weighted by Crippen LogP contribution is -1.99. The minimum absolute atomic E-state index is 0.471. The Labute approximate surface area is 125 Å². The molecule has 22 heavy (non-hydrogen) atoms. The number of rotatable bonds is 3. The number of aromatic nitrogens is 6. The van der Waals surface area contributed by atoms with E-state index in [-0.39, 0.29) is 0 Å². The summed E-state index contributed by atoms with van der Waals surface area (Å²) in [4.78, 5) is 16.6. The molecule has 0 spiro atoms. The molecule has 4 rings (SSSR count). The van der Waals surface area contributed by atoms with Gasteiger partial charge in [0.1, 0.15) is 12.1 Å². The molecule has 0 amide bonds. The highest BCUT2D eigenvalue weighted by atomic mass is 16.5. The van der Waals surface area contributed by atoms with Gasteiger partial charge in [-0.3, -0.25) is 9.97 Å². The van der Waals surface area contributed by atoms with Gasteiger partial charge in [0.15, 0.2) is 0 Å². The van der Waals surface area contributed by atoms with Gasteiger partial charge in [-0.15, -0.1) is 0 Å². The van der Waals surface area contributed by atoms with Crippen molar-refractivity contribution in [2.24, 2.45) is 0 Å². The van der Waals surface area contributed by atoms with Crippen LogP contribution in [0.25, 0.3) is 17.0 Å². The Bertz CT molecular complexity index is 907. The Balaban J connectivity index is 1.84.